The Morgan fingerprint density at radius 1 is 1.33 bits per heavy atom. The molecule has 0 aliphatic carbocycles. The number of carbonyl (C=O) groups excluding carboxylic acids is 1. The number of hydrogen-bond donors (Lipinski definition) is 0. The van der Waals surface area contributed by atoms with Crippen molar-refractivity contribution in [2.24, 2.45) is 4.99 Å². The van der Waals surface area contributed by atoms with Crippen LogP contribution in [-0.2, 0) is 11.0 Å². The van der Waals surface area contributed by atoms with Gasteiger partial charge in [-0.15, -0.1) is 0 Å². The Bertz CT molecular complexity index is 437. The zero-order valence-electron chi connectivity index (χ0n) is 6.90. The molecule has 0 N–H and O–H groups in total. The number of isocyanates is 1. The van der Waals surface area contributed by atoms with Crippen LogP contribution < -0.4 is 0 Å². The monoisotopic (exact) mass is 331 g/mol. The summed E-state index contributed by atoms with van der Waals surface area (Å²) in [6, 6.07) is 0.946. The highest BCUT2D eigenvalue weighted by Crippen LogP contribution is 2.34. The van der Waals surface area contributed by atoms with E-state index in [4.69, 9.17) is 0 Å². The van der Waals surface area contributed by atoms with Gasteiger partial charge in [0.1, 0.15) is 5.82 Å². The Kier molecular flexibility index (Phi) is 3.46. The first-order valence-electron chi connectivity index (χ1n) is 3.50. The molecular formula is C8H2F4INO. The highest BCUT2D eigenvalue weighted by atomic mass is 127. The molecule has 0 bridgehead atoms. The maximum atomic E-state index is 13.0. The molecule has 0 aliphatic heterocycles. The van der Waals surface area contributed by atoms with Gasteiger partial charge in [0.15, 0.2) is 0 Å². The molecule has 0 spiro atoms. The Labute approximate surface area is 95.1 Å². The third-order valence-corrected chi connectivity index (χ3v) is 2.57. The van der Waals surface area contributed by atoms with E-state index < -0.39 is 17.6 Å². The molecule has 7 heteroatoms. The van der Waals surface area contributed by atoms with E-state index in [1.165, 1.54) is 22.6 Å². The Morgan fingerprint density at radius 3 is 2.40 bits per heavy atom. The minimum absolute atomic E-state index is 0.149. The van der Waals surface area contributed by atoms with E-state index in [1.807, 2.05) is 0 Å². The number of hydrogen-bond acceptors (Lipinski definition) is 2. The van der Waals surface area contributed by atoms with Crippen LogP contribution in [0.4, 0.5) is 23.2 Å². The van der Waals surface area contributed by atoms with Gasteiger partial charge in [0.2, 0.25) is 6.08 Å². The molecule has 15 heavy (non-hydrogen) atoms. The summed E-state index contributed by atoms with van der Waals surface area (Å²) in [5.41, 5.74) is -1.56. The molecule has 2 nitrogen and oxygen atoms in total. The molecule has 0 aliphatic rings. The molecular weight excluding hydrogens is 329 g/mol. The van der Waals surface area contributed by atoms with Crippen molar-refractivity contribution >= 4 is 34.4 Å². The highest BCUT2D eigenvalue weighted by Gasteiger charge is 2.32. The van der Waals surface area contributed by atoms with E-state index in [-0.39, 0.29) is 9.26 Å². The lowest BCUT2D eigenvalue weighted by molar-refractivity contribution is -0.137. The van der Waals surface area contributed by atoms with Crippen molar-refractivity contribution in [2.45, 2.75) is 6.18 Å². The fourth-order valence-electron chi connectivity index (χ4n) is 0.869. The van der Waals surface area contributed by atoms with Gasteiger partial charge in [-0.25, -0.2) is 9.18 Å². The summed E-state index contributed by atoms with van der Waals surface area (Å²) >= 11 is 1.46. The van der Waals surface area contributed by atoms with Crippen LogP contribution >= 0.6 is 22.6 Å². The van der Waals surface area contributed by atoms with Gasteiger partial charge in [0, 0.05) is 0 Å². The van der Waals surface area contributed by atoms with E-state index in [2.05, 4.69) is 4.99 Å². The maximum Gasteiger partial charge on any atom is 0.416 e. The van der Waals surface area contributed by atoms with E-state index in [0.29, 0.717) is 12.1 Å². The van der Waals surface area contributed by atoms with Gasteiger partial charge in [0.25, 0.3) is 0 Å². The van der Waals surface area contributed by atoms with E-state index in [0.717, 1.165) is 6.08 Å². The van der Waals surface area contributed by atoms with Crippen molar-refractivity contribution in [3.8, 4) is 0 Å². The second kappa shape index (κ2) is 4.28. The second-order valence-corrected chi connectivity index (χ2v) is 3.57. The van der Waals surface area contributed by atoms with Crippen LogP contribution in [-0.4, -0.2) is 6.08 Å². The molecule has 0 radical (unpaired) electrons. The lowest BCUT2D eigenvalue weighted by Gasteiger charge is -2.08. The highest BCUT2D eigenvalue weighted by molar-refractivity contribution is 14.1. The van der Waals surface area contributed by atoms with Crippen molar-refractivity contribution in [3.63, 3.8) is 0 Å². The van der Waals surface area contributed by atoms with E-state index in [9.17, 15) is 22.4 Å². The van der Waals surface area contributed by atoms with Crippen LogP contribution in [0.2, 0.25) is 0 Å². The normalized spacial score (nSPS) is 11.0. The Hall–Kier alpha value is -0.950. The predicted molar refractivity (Wildman–Crippen MR) is 51.9 cm³/mol. The zero-order valence-corrected chi connectivity index (χ0v) is 9.06. The van der Waals surface area contributed by atoms with Gasteiger partial charge in [0.05, 0.1) is 14.8 Å². The molecule has 0 atom stereocenters. The SMILES string of the molecule is O=C=Nc1cc(C(F)(F)F)cc(F)c1I. The summed E-state index contributed by atoms with van der Waals surface area (Å²) in [5, 5.41) is 0. The number of benzene rings is 1. The molecule has 1 aromatic rings. The quantitative estimate of drug-likeness (QED) is 0.336. The fraction of sp³-hybridized carbons (Fsp3) is 0.125. The smallest absolute Gasteiger partial charge is 0.211 e. The van der Waals surface area contributed by atoms with Crippen LogP contribution in [0.1, 0.15) is 5.56 Å². The van der Waals surface area contributed by atoms with Crippen LogP contribution in [0.15, 0.2) is 17.1 Å². The first kappa shape index (κ1) is 12.1. The van der Waals surface area contributed by atoms with Crippen LogP contribution in [0.5, 0.6) is 0 Å². The first-order valence-corrected chi connectivity index (χ1v) is 4.58. The summed E-state index contributed by atoms with van der Waals surface area (Å²) in [6.45, 7) is 0. The van der Waals surface area contributed by atoms with Crippen molar-refractivity contribution in [3.05, 3.63) is 27.1 Å². The number of nitrogens with zero attached hydrogens (tertiary/aromatic N) is 1. The van der Waals surface area contributed by atoms with Crippen molar-refractivity contribution in [1.29, 1.82) is 0 Å². The Morgan fingerprint density at radius 2 is 1.93 bits per heavy atom. The predicted octanol–water partition coefficient (Wildman–Crippen LogP) is 3.42. The van der Waals surface area contributed by atoms with E-state index >= 15 is 0 Å². The minimum atomic E-state index is -4.67. The van der Waals surface area contributed by atoms with Crippen molar-refractivity contribution in [2.75, 3.05) is 0 Å². The maximum absolute atomic E-state index is 13.0. The summed E-state index contributed by atoms with van der Waals surface area (Å²) in [4.78, 5) is 12.9. The van der Waals surface area contributed by atoms with Crippen molar-refractivity contribution in [1.82, 2.24) is 0 Å². The van der Waals surface area contributed by atoms with Crippen LogP contribution in [0.25, 0.3) is 0 Å². The summed E-state index contributed by atoms with van der Waals surface area (Å²) in [5.74, 6) is -1.07. The molecule has 1 aromatic carbocycles. The number of aliphatic imine (C=N–C) groups is 1. The molecule has 80 valence electrons. The zero-order chi connectivity index (χ0) is 11.6. The molecule has 1 rings (SSSR count). The lowest BCUT2D eigenvalue weighted by Crippen LogP contribution is -2.05. The number of alkyl halides is 3. The van der Waals surface area contributed by atoms with Crippen molar-refractivity contribution < 1.29 is 22.4 Å². The fourth-order valence-corrected chi connectivity index (χ4v) is 1.30. The minimum Gasteiger partial charge on any atom is -0.211 e. The van der Waals surface area contributed by atoms with E-state index in [1.54, 1.807) is 0 Å². The molecule has 0 heterocycles. The average molecular weight is 331 g/mol. The van der Waals surface area contributed by atoms with Crippen LogP contribution in [0.3, 0.4) is 0 Å². The van der Waals surface area contributed by atoms with Gasteiger partial charge in [-0.1, -0.05) is 0 Å². The molecule has 0 amide bonds. The largest absolute Gasteiger partial charge is 0.416 e. The van der Waals surface area contributed by atoms with Gasteiger partial charge in [-0.05, 0) is 34.7 Å². The van der Waals surface area contributed by atoms with Gasteiger partial charge < -0.3 is 0 Å². The lowest BCUT2D eigenvalue weighted by atomic mass is 10.2. The average Bonchev–Trinajstić information content (AvgIpc) is 2.11. The molecule has 0 saturated carbocycles. The number of rotatable bonds is 1. The summed E-state index contributed by atoms with van der Waals surface area (Å²) in [7, 11) is 0. The molecule has 0 fully saturated rings. The topological polar surface area (TPSA) is 29.4 Å². The van der Waals surface area contributed by atoms with Gasteiger partial charge >= 0.3 is 6.18 Å². The Balaban J connectivity index is 3.42. The third kappa shape index (κ3) is 2.75. The summed E-state index contributed by atoms with van der Waals surface area (Å²) < 4.78 is 49.5. The molecule has 0 aromatic heterocycles. The summed E-state index contributed by atoms with van der Waals surface area (Å²) in [6.07, 6.45) is -3.60. The second-order valence-electron chi connectivity index (χ2n) is 2.49. The molecule has 0 unspecified atom stereocenters. The van der Waals surface area contributed by atoms with Crippen LogP contribution in [0, 0.1) is 9.39 Å². The number of halogens is 5. The standard InChI is InChI=1S/C8H2F4INO/c9-5-1-4(8(10,11)12)2-6(7(5)13)14-3-15/h1-2H. The van der Waals surface area contributed by atoms with Gasteiger partial charge in [-0.2, -0.15) is 18.2 Å². The molecule has 0 saturated heterocycles. The van der Waals surface area contributed by atoms with Gasteiger partial charge in [-0.3, -0.25) is 0 Å². The third-order valence-electron chi connectivity index (χ3n) is 1.50. The first-order chi connectivity index (χ1) is 6.86.